The number of carboxylic acid groups (broad SMARTS) is 1. The van der Waals surface area contributed by atoms with Crippen molar-refractivity contribution in [1.29, 1.82) is 0 Å². The first kappa shape index (κ1) is 11.9. The van der Waals surface area contributed by atoms with E-state index in [4.69, 9.17) is 5.11 Å². The van der Waals surface area contributed by atoms with Crippen LogP contribution in [0.15, 0.2) is 0 Å². The summed E-state index contributed by atoms with van der Waals surface area (Å²) in [4.78, 5) is 15.5. The molecule has 1 heterocycles. The van der Waals surface area contributed by atoms with Crippen LogP contribution in [0.5, 0.6) is 0 Å². The second-order valence-electron chi connectivity index (χ2n) is 5.23. The van der Waals surface area contributed by atoms with E-state index in [0.717, 1.165) is 32.1 Å². The van der Waals surface area contributed by atoms with Gasteiger partial charge in [-0.05, 0) is 25.7 Å². The van der Waals surface area contributed by atoms with Gasteiger partial charge >= 0.3 is 5.97 Å². The summed E-state index contributed by atoms with van der Waals surface area (Å²) in [5.41, 5.74) is 0. The molecule has 1 aliphatic heterocycles. The molecule has 1 saturated heterocycles. The third kappa shape index (κ3) is 3.46. The molecule has 0 bridgehead atoms. The maximum atomic E-state index is 10.6. The molecule has 2 rings (SSSR count). The van der Waals surface area contributed by atoms with E-state index < -0.39 is 5.97 Å². The number of rotatable bonds is 5. The van der Waals surface area contributed by atoms with E-state index in [1.807, 2.05) is 6.92 Å². The van der Waals surface area contributed by atoms with Gasteiger partial charge in [-0.2, -0.15) is 0 Å². The minimum atomic E-state index is -0.687. The van der Waals surface area contributed by atoms with Crippen LogP contribution < -0.4 is 0 Å². The normalized spacial score (nSPS) is 25.6. The van der Waals surface area contributed by atoms with Crippen molar-refractivity contribution in [2.45, 2.75) is 32.2 Å². The summed E-state index contributed by atoms with van der Waals surface area (Å²) in [5.74, 6) is 0.274. The average molecular weight is 226 g/mol. The molecule has 16 heavy (non-hydrogen) atoms. The zero-order chi connectivity index (χ0) is 11.5. The number of hydrogen-bond acceptors (Lipinski definition) is 3. The monoisotopic (exact) mass is 226 g/mol. The highest BCUT2D eigenvalue weighted by molar-refractivity contribution is 5.67. The molecule has 2 aliphatic rings. The first-order valence-electron chi connectivity index (χ1n) is 6.33. The Morgan fingerprint density at radius 3 is 2.44 bits per heavy atom. The van der Waals surface area contributed by atoms with E-state index in [2.05, 4.69) is 9.80 Å². The number of nitrogens with zero attached hydrogens (tertiary/aromatic N) is 2. The van der Waals surface area contributed by atoms with Crippen molar-refractivity contribution < 1.29 is 9.90 Å². The largest absolute Gasteiger partial charge is 0.481 e. The summed E-state index contributed by atoms with van der Waals surface area (Å²) in [5, 5.41) is 8.76. The molecule has 2 fully saturated rings. The van der Waals surface area contributed by atoms with E-state index >= 15 is 0 Å². The van der Waals surface area contributed by atoms with Crippen molar-refractivity contribution in [3.8, 4) is 0 Å². The van der Waals surface area contributed by atoms with Gasteiger partial charge in [0.1, 0.15) is 0 Å². The lowest BCUT2D eigenvalue weighted by molar-refractivity contribution is -0.138. The highest BCUT2D eigenvalue weighted by atomic mass is 16.4. The molecular formula is C12H22N2O2. The maximum Gasteiger partial charge on any atom is 0.304 e. The molecule has 0 amide bonds. The van der Waals surface area contributed by atoms with E-state index in [0.29, 0.717) is 0 Å². The minimum absolute atomic E-state index is 0.181. The van der Waals surface area contributed by atoms with Crippen LogP contribution in [0.3, 0.4) is 0 Å². The van der Waals surface area contributed by atoms with E-state index in [1.165, 1.54) is 19.4 Å². The molecular weight excluding hydrogens is 204 g/mol. The highest BCUT2D eigenvalue weighted by Crippen LogP contribution is 2.30. The number of piperazine rings is 1. The molecule has 4 nitrogen and oxygen atoms in total. The van der Waals surface area contributed by atoms with Crippen molar-refractivity contribution in [2.24, 2.45) is 5.92 Å². The van der Waals surface area contributed by atoms with Gasteiger partial charge in [0.15, 0.2) is 0 Å². The van der Waals surface area contributed by atoms with Crippen molar-refractivity contribution in [1.82, 2.24) is 9.80 Å². The Kier molecular flexibility index (Phi) is 3.82. The summed E-state index contributed by atoms with van der Waals surface area (Å²) in [6, 6.07) is 0.181. The first-order chi connectivity index (χ1) is 7.65. The number of aliphatic carboxylic acids is 1. The zero-order valence-corrected chi connectivity index (χ0v) is 10.1. The summed E-state index contributed by atoms with van der Waals surface area (Å²) in [7, 11) is 0. The van der Waals surface area contributed by atoms with Crippen LogP contribution in [0.1, 0.15) is 26.2 Å². The fourth-order valence-electron chi connectivity index (χ4n) is 2.43. The molecule has 0 aromatic rings. The second-order valence-corrected chi connectivity index (χ2v) is 5.23. The second kappa shape index (κ2) is 5.15. The molecule has 1 saturated carbocycles. The van der Waals surface area contributed by atoms with Gasteiger partial charge in [0, 0.05) is 38.8 Å². The number of hydrogen-bond donors (Lipinski definition) is 1. The first-order valence-corrected chi connectivity index (χ1v) is 6.33. The van der Waals surface area contributed by atoms with E-state index in [-0.39, 0.29) is 12.5 Å². The van der Waals surface area contributed by atoms with Crippen LogP contribution in [0, 0.1) is 5.92 Å². The quantitative estimate of drug-likeness (QED) is 0.755. The van der Waals surface area contributed by atoms with Crippen molar-refractivity contribution in [3.05, 3.63) is 0 Å². The van der Waals surface area contributed by atoms with Gasteiger partial charge in [-0.15, -0.1) is 0 Å². The third-order valence-electron chi connectivity index (χ3n) is 3.71. The van der Waals surface area contributed by atoms with Gasteiger partial charge in [-0.1, -0.05) is 0 Å². The van der Waals surface area contributed by atoms with Gasteiger partial charge < -0.3 is 10.0 Å². The Labute approximate surface area is 97.2 Å². The zero-order valence-electron chi connectivity index (χ0n) is 10.1. The Morgan fingerprint density at radius 2 is 1.94 bits per heavy atom. The minimum Gasteiger partial charge on any atom is -0.481 e. The molecule has 0 spiro atoms. The molecule has 0 aromatic carbocycles. The molecule has 0 aromatic heterocycles. The van der Waals surface area contributed by atoms with Crippen LogP contribution in [0.2, 0.25) is 0 Å². The summed E-state index contributed by atoms with van der Waals surface area (Å²) in [6.45, 7) is 7.56. The summed E-state index contributed by atoms with van der Waals surface area (Å²) >= 11 is 0. The SMILES string of the molecule is CC(CC(=O)O)N1CCN(CC2CC2)CC1. The summed E-state index contributed by atoms with van der Waals surface area (Å²) in [6.07, 6.45) is 3.09. The lowest BCUT2D eigenvalue weighted by Gasteiger charge is -2.37. The summed E-state index contributed by atoms with van der Waals surface area (Å²) < 4.78 is 0. The molecule has 4 heteroatoms. The Morgan fingerprint density at radius 1 is 1.31 bits per heavy atom. The maximum absolute atomic E-state index is 10.6. The van der Waals surface area contributed by atoms with Crippen LogP contribution in [-0.4, -0.2) is 59.6 Å². The predicted molar refractivity (Wildman–Crippen MR) is 62.5 cm³/mol. The van der Waals surface area contributed by atoms with Gasteiger partial charge in [0.2, 0.25) is 0 Å². The molecule has 1 aliphatic carbocycles. The fraction of sp³-hybridized carbons (Fsp3) is 0.917. The number of carbonyl (C=O) groups is 1. The van der Waals surface area contributed by atoms with Crippen molar-refractivity contribution in [2.75, 3.05) is 32.7 Å². The van der Waals surface area contributed by atoms with Crippen LogP contribution in [0.4, 0.5) is 0 Å². The Hall–Kier alpha value is -0.610. The molecule has 0 radical (unpaired) electrons. The number of carboxylic acids is 1. The lowest BCUT2D eigenvalue weighted by Crippen LogP contribution is -2.50. The Balaban J connectivity index is 1.68. The fourth-order valence-corrected chi connectivity index (χ4v) is 2.43. The topological polar surface area (TPSA) is 43.8 Å². The molecule has 92 valence electrons. The predicted octanol–water partition coefficient (Wildman–Crippen LogP) is 0.877. The molecule has 1 N–H and O–H groups in total. The lowest BCUT2D eigenvalue weighted by atomic mass is 10.1. The third-order valence-corrected chi connectivity index (χ3v) is 3.71. The molecule has 1 unspecified atom stereocenters. The van der Waals surface area contributed by atoms with Gasteiger partial charge in [0.05, 0.1) is 6.42 Å². The van der Waals surface area contributed by atoms with Crippen LogP contribution in [0.25, 0.3) is 0 Å². The standard InChI is InChI=1S/C12H22N2O2/c1-10(8-12(15)16)14-6-4-13(5-7-14)9-11-2-3-11/h10-11H,2-9H2,1H3,(H,15,16). The van der Waals surface area contributed by atoms with E-state index in [9.17, 15) is 4.79 Å². The van der Waals surface area contributed by atoms with Crippen LogP contribution in [-0.2, 0) is 4.79 Å². The van der Waals surface area contributed by atoms with Crippen LogP contribution >= 0.6 is 0 Å². The smallest absolute Gasteiger partial charge is 0.304 e. The highest BCUT2D eigenvalue weighted by Gasteiger charge is 2.27. The molecule has 1 atom stereocenters. The van der Waals surface area contributed by atoms with Crippen molar-refractivity contribution in [3.63, 3.8) is 0 Å². The van der Waals surface area contributed by atoms with E-state index in [1.54, 1.807) is 0 Å². The van der Waals surface area contributed by atoms with Crippen molar-refractivity contribution >= 4 is 5.97 Å². The Bertz CT molecular complexity index is 245. The van der Waals surface area contributed by atoms with Gasteiger partial charge in [0.25, 0.3) is 0 Å². The van der Waals surface area contributed by atoms with Gasteiger partial charge in [-0.25, -0.2) is 0 Å². The van der Waals surface area contributed by atoms with Gasteiger partial charge in [-0.3, -0.25) is 9.69 Å². The average Bonchev–Trinajstić information content (AvgIpc) is 3.01.